The number of hydrogen-bond acceptors (Lipinski definition) is 1. The zero-order valence-electron chi connectivity index (χ0n) is 11.3. The molecule has 1 N–H and O–H groups in total. The predicted octanol–water partition coefficient (Wildman–Crippen LogP) is 4.49. The van der Waals surface area contributed by atoms with E-state index in [1.807, 2.05) is 13.2 Å². The van der Waals surface area contributed by atoms with Crippen LogP contribution in [0.1, 0.15) is 11.1 Å². The molecule has 0 fully saturated rings. The summed E-state index contributed by atoms with van der Waals surface area (Å²) in [5.41, 5.74) is 2.63. The van der Waals surface area contributed by atoms with Crippen LogP contribution in [0, 0.1) is 6.92 Å². The average Bonchev–Trinajstić information content (AvgIpc) is 2.47. The number of hydrogen-bond donors (Lipinski definition) is 1. The molecular weight excluding hydrogens is 230 g/mol. The molecule has 0 atom stereocenters. The fourth-order valence-electron chi connectivity index (χ4n) is 2.73. The van der Waals surface area contributed by atoms with Gasteiger partial charge < -0.3 is 5.32 Å². The Labute approximate surface area is 113 Å². The first-order valence-corrected chi connectivity index (χ1v) is 6.57. The summed E-state index contributed by atoms with van der Waals surface area (Å²) >= 11 is 0. The van der Waals surface area contributed by atoms with Crippen LogP contribution in [0.15, 0.2) is 54.7 Å². The van der Waals surface area contributed by atoms with Crippen LogP contribution in [0.3, 0.4) is 0 Å². The molecule has 94 valence electrons. The first kappa shape index (κ1) is 11.8. The van der Waals surface area contributed by atoms with E-state index in [0.717, 1.165) is 0 Å². The number of aryl methyl sites for hydroxylation is 1. The largest absolute Gasteiger partial charge is 0.394 e. The van der Waals surface area contributed by atoms with Crippen molar-refractivity contribution < 1.29 is 0 Å². The fourth-order valence-corrected chi connectivity index (χ4v) is 2.73. The molecule has 0 heterocycles. The van der Waals surface area contributed by atoms with Crippen LogP contribution in [0.25, 0.3) is 27.6 Å². The van der Waals surface area contributed by atoms with Gasteiger partial charge in [-0.2, -0.15) is 0 Å². The van der Waals surface area contributed by atoms with E-state index >= 15 is 0 Å². The first-order chi connectivity index (χ1) is 9.33. The minimum absolute atomic E-state index is 1.30. The molecule has 0 saturated carbocycles. The molecule has 3 rings (SSSR count). The van der Waals surface area contributed by atoms with E-state index in [2.05, 4.69) is 66.8 Å². The highest BCUT2D eigenvalue weighted by atomic mass is 14.8. The summed E-state index contributed by atoms with van der Waals surface area (Å²) in [4.78, 5) is 0. The highest BCUT2D eigenvalue weighted by molar-refractivity contribution is 6.12. The first-order valence-electron chi connectivity index (χ1n) is 6.57. The summed E-state index contributed by atoms with van der Waals surface area (Å²) in [5, 5.41) is 8.37. The van der Waals surface area contributed by atoms with E-state index < -0.39 is 0 Å². The molecule has 1 heteroatoms. The topological polar surface area (TPSA) is 12.0 Å². The standard InChI is InChI=1S/C18H17N/c1-13-14-7-3-4-8-16(14)18-10-6-5-9-17(18)15(13)11-12-19-2/h3-12,19H,1-2H3/b12-11-. The molecule has 19 heavy (non-hydrogen) atoms. The molecule has 0 radical (unpaired) electrons. The number of rotatable bonds is 2. The molecular formula is C18H17N. The van der Waals surface area contributed by atoms with Gasteiger partial charge in [-0.3, -0.25) is 0 Å². The van der Waals surface area contributed by atoms with Crippen LogP contribution in [-0.4, -0.2) is 7.05 Å². The molecule has 0 aliphatic heterocycles. The second-order valence-electron chi connectivity index (χ2n) is 4.75. The van der Waals surface area contributed by atoms with Gasteiger partial charge in [0, 0.05) is 7.05 Å². The van der Waals surface area contributed by atoms with Gasteiger partial charge in [-0.25, -0.2) is 0 Å². The summed E-state index contributed by atoms with van der Waals surface area (Å²) in [6.45, 7) is 2.20. The Bertz CT molecular complexity index is 769. The Hall–Kier alpha value is -2.28. The zero-order chi connectivity index (χ0) is 13.2. The summed E-state index contributed by atoms with van der Waals surface area (Å²) < 4.78 is 0. The maximum atomic E-state index is 3.08. The van der Waals surface area contributed by atoms with Crippen molar-refractivity contribution in [3.63, 3.8) is 0 Å². The molecule has 3 aromatic carbocycles. The quantitative estimate of drug-likeness (QED) is 0.658. The lowest BCUT2D eigenvalue weighted by Crippen LogP contribution is -1.93. The van der Waals surface area contributed by atoms with Gasteiger partial charge in [0.25, 0.3) is 0 Å². The van der Waals surface area contributed by atoms with Gasteiger partial charge in [-0.15, -0.1) is 0 Å². The van der Waals surface area contributed by atoms with E-state index in [0.29, 0.717) is 0 Å². The summed E-state index contributed by atoms with van der Waals surface area (Å²) in [7, 11) is 1.93. The third kappa shape index (κ3) is 1.88. The highest BCUT2D eigenvalue weighted by Gasteiger charge is 2.08. The average molecular weight is 247 g/mol. The Morgan fingerprint density at radius 3 is 1.95 bits per heavy atom. The van der Waals surface area contributed by atoms with Crippen LogP contribution < -0.4 is 5.32 Å². The van der Waals surface area contributed by atoms with Gasteiger partial charge >= 0.3 is 0 Å². The molecule has 1 nitrogen and oxygen atoms in total. The lowest BCUT2D eigenvalue weighted by Gasteiger charge is -2.12. The molecule has 0 aliphatic rings. The minimum Gasteiger partial charge on any atom is -0.394 e. The third-order valence-corrected chi connectivity index (χ3v) is 3.66. The maximum absolute atomic E-state index is 3.08. The number of nitrogens with one attached hydrogen (secondary N) is 1. The number of fused-ring (bicyclic) bond motifs is 3. The summed E-state index contributed by atoms with van der Waals surface area (Å²) in [5.74, 6) is 0. The van der Waals surface area contributed by atoms with Crippen LogP contribution in [-0.2, 0) is 0 Å². The number of benzene rings is 3. The Balaban J connectivity index is 2.51. The molecule has 0 bridgehead atoms. The minimum atomic E-state index is 1.30. The van der Waals surface area contributed by atoms with Gasteiger partial charge in [0.05, 0.1) is 0 Å². The van der Waals surface area contributed by atoms with Gasteiger partial charge in [0.1, 0.15) is 0 Å². The molecule has 0 aromatic heterocycles. The highest BCUT2D eigenvalue weighted by Crippen LogP contribution is 2.32. The second kappa shape index (κ2) is 4.77. The molecule has 0 unspecified atom stereocenters. The predicted molar refractivity (Wildman–Crippen MR) is 84.3 cm³/mol. The van der Waals surface area contributed by atoms with E-state index in [1.54, 1.807) is 0 Å². The normalized spacial score (nSPS) is 11.5. The second-order valence-corrected chi connectivity index (χ2v) is 4.75. The van der Waals surface area contributed by atoms with Crippen molar-refractivity contribution in [2.24, 2.45) is 0 Å². The van der Waals surface area contributed by atoms with Crippen molar-refractivity contribution >= 4 is 27.6 Å². The lowest BCUT2D eigenvalue weighted by atomic mass is 9.92. The van der Waals surface area contributed by atoms with E-state index in [9.17, 15) is 0 Å². The van der Waals surface area contributed by atoms with Gasteiger partial charge in [0.15, 0.2) is 0 Å². The van der Waals surface area contributed by atoms with Crippen molar-refractivity contribution in [3.8, 4) is 0 Å². The van der Waals surface area contributed by atoms with Crippen molar-refractivity contribution in [2.75, 3.05) is 7.05 Å². The van der Waals surface area contributed by atoms with Crippen LogP contribution in [0.2, 0.25) is 0 Å². The monoisotopic (exact) mass is 247 g/mol. The van der Waals surface area contributed by atoms with E-state index in [1.165, 1.54) is 32.7 Å². The summed E-state index contributed by atoms with van der Waals surface area (Å²) in [6, 6.07) is 17.2. The Morgan fingerprint density at radius 1 is 0.789 bits per heavy atom. The van der Waals surface area contributed by atoms with Crippen LogP contribution in [0.4, 0.5) is 0 Å². The van der Waals surface area contributed by atoms with Crippen LogP contribution in [0.5, 0.6) is 0 Å². The zero-order valence-corrected chi connectivity index (χ0v) is 11.3. The SMILES string of the molecule is CN/C=C\c1c(C)c2ccccc2c2ccccc12. The smallest absolute Gasteiger partial charge is 0.00277 e. The fraction of sp³-hybridized carbons (Fsp3) is 0.111. The van der Waals surface area contributed by atoms with E-state index in [-0.39, 0.29) is 0 Å². The van der Waals surface area contributed by atoms with Gasteiger partial charge in [-0.1, -0.05) is 48.5 Å². The molecule has 0 amide bonds. The Kier molecular flexibility index (Phi) is 2.96. The molecule has 0 aliphatic carbocycles. The van der Waals surface area contributed by atoms with Crippen molar-refractivity contribution in [2.45, 2.75) is 6.92 Å². The maximum Gasteiger partial charge on any atom is 0.00277 e. The molecule has 3 aromatic rings. The van der Waals surface area contributed by atoms with Crippen molar-refractivity contribution in [3.05, 3.63) is 65.9 Å². The van der Waals surface area contributed by atoms with Crippen molar-refractivity contribution in [1.29, 1.82) is 0 Å². The molecule has 0 saturated heterocycles. The lowest BCUT2D eigenvalue weighted by molar-refractivity contribution is 1.11. The van der Waals surface area contributed by atoms with Crippen molar-refractivity contribution in [1.82, 2.24) is 5.32 Å². The van der Waals surface area contributed by atoms with E-state index in [4.69, 9.17) is 0 Å². The van der Waals surface area contributed by atoms with Gasteiger partial charge in [0.2, 0.25) is 0 Å². The van der Waals surface area contributed by atoms with Crippen LogP contribution >= 0.6 is 0 Å². The third-order valence-electron chi connectivity index (χ3n) is 3.66. The Morgan fingerprint density at radius 2 is 1.32 bits per heavy atom. The molecule has 0 spiro atoms. The summed E-state index contributed by atoms with van der Waals surface area (Å²) in [6.07, 6.45) is 4.15. The van der Waals surface area contributed by atoms with Gasteiger partial charge in [-0.05, 0) is 51.9 Å².